The number of nitrogens with zero attached hydrogens (tertiary/aromatic N) is 4. The summed E-state index contributed by atoms with van der Waals surface area (Å²) in [4.78, 5) is 23.7. The van der Waals surface area contributed by atoms with Crippen molar-refractivity contribution in [3.8, 4) is 22.6 Å². The lowest BCUT2D eigenvalue weighted by molar-refractivity contribution is -0.0684. The van der Waals surface area contributed by atoms with Crippen LogP contribution in [0.3, 0.4) is 0 Å². The van der Waals surface area contributed by atoms with Crippen molar-refractivity contribution in [1.29, 1.82) is 0 Å². The molecule has 9 nitrogen and oxygen atoms in total. The van der Waals surface area contributed by atoms with Crippen LogP contribution in [0, 0.1) is 0 Å². The first-order chi connectivity index (χ1) is 21.9. The molecule has 0 amide bonds. The molecule has 0 saturated carbocycles. The number of pyridine rings is 1. The highest BCUT2D eigenvalue weighted by atomic mass is 16.5. The molecule has 2 atom stereocenters. The lowest BCUT2D eigenvalue weighted by atomic mass is 10.0. The minimum atomic E-state index is -0.0752. The molecular formula is C36H38N6O3. The molecule has 0 bridgehead atoms. The summed E-state index contributed by atoms with van der Waals surface area (Å²) in [7, 11) is 1.77. The standard InChI is InChI=1S/C36H38N6O3/c1-24-21-41(22-25(2)44-24)18-19-42-31-15-14-29(30-23-40(3)35(43)32-28(30)16-17-37-32)34(45-27-12-8-5-9-13-27)33(31)39-36(42)38-20-26-10-6-4-7-11-26/h4-17,23-25,37H,18-22H2,1-3H3,(H,38,39)/t24-,25+. The average molecular weight is 603 g/mol. The SMILES string of the molecule is C[C@@H]1CN(CCn2c(NCc3ccccc3)nc3c(Oc4ccccc4)c(-c4cn(C)c(=O)c5[nH]ccc45)ccc32)C[C@H](C)O1. The average Bonchev–Trinajstić information content (AvgIpc) is 3.67. The van der Waals surface area contributed by atoms with Crippen LogP contribution in [-0.2, 0) is 24.9 Å². The molecule has 3 aromatic heterocycles. The second kappa shape index (κ2) is 12.3. The van der Waals surface area contributed by atoms with Crippen molar-refractivity contribution < 1.29 is 9.47 Å². The number of anilines is 1. The second-order valence-corrected chi connectivity index (χ2v) is 11.9. The maximum atomic E-state index is 12.9. The number of aromatic amines is 1. The first kappa shape index (κ1) is 28.9. The summed E-state index contributed by atoms with van der Waals surface area (Å²) in [6, 6.07) is 26.3. The molecule has 7 rings (SSSR count). The van der Waals surface area contributed by atoms with Crippen molar-refractivity contribution in [1.82, 2.24) is 24.0 Å². The molecule has 1 saturated heterocycles. The normalized spacial score (nSPS) is 17.2. The summed E-state index contributed by atoms with van der Waals surface area (Å²) in [5.41, 5.74) is 5.15. The van der Waals surface area contributed by atoms with E-state index in [1.165, 1.54) is 5.56 Å². The fourth-order valence-corrected chi connectivity index (χ4v) is 6.42. The van der Waals surface area contributed by atoms with Gasteiger partial charge in [0.1, 0.15) is 16.8 Å². The molecule has 3 aromatic carbocycles. The first-order valence-electron chi connectivity index (χ1n) is 15.5. The smallest absolute Gasteiger partial charge is 0.274 e. The topological polar surface area (TPSA) is 89.3 Å². The monoisotopic (exact) mass is 602 g/mol. The Bertz CT molecular complexity index is 1990. The van der Waals surface area contributed by atoms with Gasteiger partial charge in [0, 0.05) is 68.7 Å². The van der Waals surface area contributed by atoms with Crippen molar-refractivity contribution in [2.75, 3.05) is 25.0 Å². The van der Waals surface area contributed by atoms with Gasteiger partial charge in [-0.1, -0.05) is 48.5 Å². The highest BCUT2D eigenvalue weighted by Crippen LogP contribution is 2.42. The first-order valence-corrected chi connectivity index (χ1v) is 15.5. The Balaban J connectivity index is 1.37. The Morgan fingerprint density at radius 3 is 2.42 bits per heavy atom. The van der Waals surface area contributed by atoms with Crippen LogP contribution in [0.2, 0.25) is 0 Å². The third-order valence-corrected chi connectivity index (χ3v) is 8.45. The van der Waals surface area contributed by atoms with E-state index in [1.54, 1.807) is 17.8 Å². The number of morpholine rings is 1. The van der Waals surface area contributed by atoms with E-state index < -0.39 is 0 Å². The predicted molar refractivity (Wildman–Crippen MR) is 179 cm³/mol. The molecule has 0 unspecified atom stereocenters. The van der Waals surface area contributed by atoms with E-state index in [4.69, 9.17) is 14.5 Å². The number of hydrogen-bond donors (Lipinski definition) is 2. The number of rotatable bonds is 9. The van der Waals surface area contributed by atoms with Crippen LogP contribution >= 0.6 is 0 Å². The summed E-state index contributed by atoms with van der Waals surface area (Å²) in [6.45, 7) is 8.33. The van der Waals surface area contributed by atoms with Gasteiger partial charge in [-0.15, -0.1) is 0 Å². The van der Waals surface area contributed by atoms with Crippen LogP contribution in [0.15, 0.2) is 96.1 Å². The number of hydrogen-bond acceptors (Lipinski definition) is 6. The number of imidazole rings is 1. The summed E-state index contributed by atoms with van der Waals surface area (Å²) < 4.78 is 16.6. The number of H-pyrrole nitrogens is 1. The molecule has 0 aliphatic carbocycles. The highest BCUT2D eigenvalue weighted by molar-refractivity contribution is 6.00. The lowest BCUT2D eigenvalue weighted by Crippen LogP contribution is -2.46. The van der Waals surface area contributed by atoms with Crippen molar-refractivity contribution in [3.63, 3.8) is 0 Å². The Morgan fingerprint density at radius 1 is 0.933 bits per heavy atom. The van der Waals surface area contributed by atoms with Crippen LogP contribution < -0.4 is 15.6 Å². The van der Waals surface area contributed by atoms with Gasteiger partial charge >= 0.3 is 0 Å². The van der Waals surface area contributed by atoms with Crippen molar-refractivity contribution in [2.24, 2.45) is 7.05 Å². The molecule has 6 aromatic rings. The molecule has 230 valence electrons. The summed E-state index contributed by atoms with van der Waals surface area (Å²) in [5.74, 6) is 2.14. The van der Waals surface area contributed by atoms with Gasteiger partial charge < -0.3 is 28.9 Å². The molecular weight excluding hydrogens is 564 g/mol. The maximum absolute atomic E-state index is 12.9. The molecule has 1 aliphatic rings. The second-order valence-electron chi connectivity index (χ2n) is 11.9. The van der Waals surface area contributed by atoms with Gasteiger partial charge in [-0.05, 0) is 49.7 Å². The molecule has 1 fully saturated rings. The Kier molecular flexibility index (Phi) is 7.87. The van der Waals surface area contributed by atoms with Crippen LogP contribution in [0.4, 0.5) is 5.95 Å². The summed E-state index contributed by atoms with van der Waals surface area (Å²) in [6.07, 6.45) is 4.08. The zero-order valence-corrected chi connectivity index (χ0v) is 25.9. The third-order valence-electron chi connectivity index (χ3n) is 8.45. The number of fused-ring (bicyclic) bond motifs is 2. The van der Waals surface area contributed by atoms with E-state index in [9.17, 15) is 4.79 Å². The number of ether oxygens (including phenoxy) is 2. The number of nitrogens with one attached hydrogen (secondary N) is 2. The van der Waals surface area contributed by atoms with Gasteiger partial charge in [0.2, 0.25) is 5.95 Å². The van der Waals surface area contributed by atoms with E-state index in [2.05, 4.69) is 57.9 Å². The third kappa shape index (κ3) is 5.84. The van der Waals surface area contributed by atoms with Crippen LogP contribution in [-0.4, -0.2) is 55.8 Å². The molecule has 1 aliphatic heterocycles. The largest absolute Gasteiger partial charge is 0.454 e. The molecule has 2 N–H and O–H groups in total. The van der Waals surface area contributed by atoms with Crippen molar-refractivity contribution >= 4 is 27.9 Å². The van der Waals surface area contributed by atoms with E-state index in [0.29, 0.717) is 23.6 Å². The Labute approximate surface area is 262 Å². The van der Waals surface area contributed by atoms with Gasteiger partial charge in [-0.25, -0.2) is 4.98 Å². The molecule has 4 heterocycles. The number of para-hydroxylation sites is 1. The van der Waals surface area contributed by atoms with Crippen LogP contribution in [0.1, 0.15) is 19.4 Å². The van der Waals surface area contributed by atoms with Gasteiger partial charge in [-0.2, -0.15) is 0 Å². The minimum Gasteiger partial charge on any atom is -0.454 e. The van der Waals surface area contributed by atoms with Crippen molar-refractivity contribution in [3.05, 3.63) is 107 Å². The lowest BCUT2D eigenvalue weighted by Gasteiger charge is -2.35. The number of aryl methyl sites for hydroxylation is 1. The molecule has 0 radical (unpaired) electrons. The zero-order chi connectivity index (χ0) is 30.9. The fourth-order valence-electron chi connectivity index (χ4n) is 6.42. The molecule has 0 spiro atoms. The van der Waals surface area contributed by atoms with Gasteiger partial charge in [0.25, 0.3) is 5.56 Å². The molecule has 9 heteroatoms. The zero-order valence-electron chi connectivity index (χ0n) is 25.9. The van der Waals surface area contributed by atoms with Crippen molar-refractivity contribution in [2.45, 2.75) is 39.1 Å². The highest BCUT2D eigenvalue weighted by Gasteiger charge is 2.25. The Hall–Kier alpha value is -4.86. The van der Waals surface area contributed by atoms with E-state index >= 15 is 0 Å². The Morgan fingerprint density at radius 2 is 1.67 bits per heavy atom. The maximum Gasteiger partial charge on any atom is 0.274 e. The van der Waals surface area contributed by atoms with Gasteiger partial charge in [0.05, 0.1) is 17.7 Å². The van der Waals surface area contributed by atoms with E-state index in [0.717, 1.165) is 59.7 Å². The van der Waals surface area contributed by atoms with Crippen LogP contribution in [0.5, 0.6) is 11.5 Å². The molecule has 45 heavy (non-hydrogen) atoms. The summed E-state index contributed by atoms with van der Waals surface area (Å²) in [5, 5.41) is 4.46. The van der Waals surface area contributed by atoms with E-state index in [1.807, 2.05) is 60.8 Å². The number of aromatic nitrogens is 4. The summed E-state index contributed by atoms with van der Waals surface area (Å²) >= 11 is 0. The van der Waals surface area contributed by atoms with Gasteiger partial charge in [0.15, 0.2) is 5.75 Å². The number of benzene rings is 3. The predicted octanol–water partition coefficient (Wildman–Crippen LogP) is 6.40. The quantitative estimate of drug-likeness (QED) is 0.199. The minimum absolute atomic E-state index is 0.0752. The van der Waals surface area contributed by atoms with E-state index in [-0.39, 0.29) is 17.8 Å². The van der Waals surface area contributed by atoms with Crippen LogP contribution in [0.25, 0.3) is 33.1 Å². The van der Waals surface area contributed by atoms with Gasteiger partial charge in [-0.3, -0.25) is 9.69 Å². The fraction of sp³-hybridized carbons (Fsp3) is 0.278.